The molecule has 0 bridgehead atoms. The first kappa shape index (κ1) is 15.3. The normalized spacial score (nSPS) is 12.2. The number of hydrogen-bond acceptors (Lipinski definition) is 5. The lowest BCUT2D eigenvalue weighted by molar-refractivity contribution is 0.601. The van der Waals surface area contributed by atoms with Gasteiger partial charge < -0.3 is 4.98 Å². The molecule has 22 heavy (non-hydrogen) atoms. The number of aromatic nitrogens is 3. The predicted molar refractivity (Wildman–Crippen MR) is 88.1 cm³/mol. The Hall–Kier alpha value is -1.64. The minimum absolute atomic E-state index is 0.0945. The number of aromatic amines is 1. The lowest BCUT2D eigenvalue weighted by Gasteiger charge is -2.03. The van der Waals surface area contributed by atoms with E-state index in [-0.39, 0.29) is 16.8 Å². The van der Waals surface area contributed by atoms with Crippen molar-refractivity contribution in [3.8, 4) is 0 Å². The molecule has 6 nitrogen and oxygen atoms in total. The summed E-state index contributed by atoms with van der Waals surface area (Å²) in [6.45, 7) is 3.95. The van der Waals surface area contributed by atoms with Crippen LogP contribution < -0.4 is 4.72 Å². The molecule has 0 fully saturated rings. The number of benzene rings is 1. The molecule has 0 aliphatic rings. The van der Waals surface area contributed by atoms with Crippen molar-refractivity contribution >= 4 is 50.0 Å². The summed E-state index contributed by atoms with van der Waals surface area (Å²) in [4.78, 5) is 7.23. The van der Waals surface area contributed by atoms with E-state index in [0.29, 0.717) is 15.9 Å². The van der Waals surface area contributed by atoms with E-state index in [1.165, 1.54) is 17.7 Å². The van der Waals surface area contributed by atoms with E-state index in [2.05, 4.69) is 19.1 Å². The molecular formula is C13H13ClN4O2S2. The second-order valence-corrected chi connectivity index (χ2v) is 7.93. The van der Waals surface area contributed by atoms with Crippen molar-refractivity contribution in [2.24, 2.45) is 0 Å². The maximum absolute atomic E-state index is 12.5. The highest BCUT2D eigenvalue weighted by Crippen LogP contribution is 2.27. The minimum atomic E-state index is -3.76. The summed E-state index contributed by atoms with van der Waals surface area (Å²) in [5.41, 5.74) is 0.655. The van der Waals surface area contributed by atoms with Crippen molar-refractivity contribution in [1.29, 1.82) is 0 Å². The van der Waals surface area contributed by atoms with Gasteiger partial charge in [0.15, 0.2) is 0 Å². The van der Waals surface area contributed by atoms with E-state index in [1.807, 2.05) is 13.8 Å². The van der Waals surface area contributed by atoms with Crippen molar-refractivity contribution in [3.63, 3.8) is 0 Å². The van der Waals surface area contributed by atoms with Gasteiger partial charge in [0.2, 0.25) is 5.95 Å². The molecular weight excluding hydrogens is 344 g/mol. The van der Waals surface area contributed by atoms with Crippen LogP contribution in [0.4, 0.5) is 5.95 Å². The largest absolute Gasteiger partial charge is 0.360 e. The number of anilines is 1. The molecule has 0 amide bonds. The van der Waals surface area contributed by atoms with Crippen LogP contribution >= 0.6 is 23.1 Å². The van der Waals surface area contributed by atoms with E-state index < -0.39 is 10.0 Å². The quantitative estimate of drug-likeness (QED) is 0.747. The summed E-state index contributed by atoms with van der Waals surface area (Å²) < 4.78 is 31.4. The van der Waals surface area contributed by atoms with E-state index in [0.717, 1.165) is 5.01 Å². The van der Waals surface area contributed by atoms with Crippen molar-refractivity contribution in [2.45, 2.75) is 24.7 Å². The molecule has 0 aliphatic carbocycles. The number of rotatable bonds is 4. The molecule has 3 rings (SSSR count). The number of halogens is 1. The summed E-state index contributed by atoms with van der Waals surface area (Å²) in [7, 11) is -3.76. The maximum Gasteiger partial charge on any atom is 0.266 e. The summed E-state index contributed by atoms with van der Waals surface area (Å²) in [6.07, 6.45) is 1.43. The second-order valence-electron chi connectivity index (χ2n) is 5.06. The van der Waals surface area contributed by atoms with E-state index >= 15 is 0 Å². The average molecular weight is 357 g/mol. The highest BCUT2D eigenvalue weighted by molar-refractivity contribution is 7.93. The lowest BCUT2D eigenvalue weighted by atomic mass is 10.2. The van der Waals surface area contributed by atoms with Gasteiger partial charge in [-0.2, -0.15) is 4.37 Å². The molecule has 0 aliphatic heterocycles. The first-order chi connectivity index (χ1) is 10.4. The monoisotopic (exact) mass is 356 g/mol. The zero-order chi connectivity index (χ0) is 15.9. The van der Waals surface area contributed by atoms with Crippen molar-refractivity contribution < 1.29 is 8.42 Å². The van der Waals surface area contributed by atoms with Crippen LogP contribution in [0.5, 0.6) is 0 Å². The molecule has 1 aromatic carbocycles. The fraction of sp³-hybridized carbons (Fsp3) is 0.231. The Morgan fingerprint density at radius 3 is 2.82 bits per heavy atom. The summed E-state index contributed by atoms with van der Waals surface area (Å²) in [6, 6.07) is 4.99. The molecule has 0 saturated heterocycles. The third-order valence-corrected chi connectivity index (χ3v) is 5.67. The van der Waals surface area contributed by atoms with Crippen LogP contribution in [-0.4, -0.2) is 22.8 Å². The second kappa shape index (κ2) is 5.53. The van der Waals surface area contributed by atoms with Gasteiger partial charge in [0.05, 0.1) is 0 Å². The number of H-pyrrole nitrogens is 1. The Kier molecular flexibility index (Phi) is 3.84. The van der Waals surface area contributed by atoms with Crippen LogP contribution in [-0.2, 0) is 10.0 Å². The molecule has 0 saturated carbocycles. The molecule has 2 N–H and O–H groups in total. The molecule has 2 aromatic heterocycles. The zero-order valence-corrected chi connectivity index (χ0v) is 14.2. The maximum atomic E-state index is 12.5. The third-order valence-electron chi connectivity index (χ3n) is 3.06. The zero-order valence-electron chi connectivity index (χ0n) is 11.8. The molecule has 0 atom stereocenters. The van der Waals surface area contributed by atoms with Crippen molar-refractivity contribution in [1.82, 2.24) is 14.3 Å². The summed E-state index contributed by atoms with van der Waals surface area (Å²) >= 11 is 7.09. The molecule has 3 aromatic rings. The molecule has 0 radical (unpaired) electrons. The van der Waals surface area contributed by atoms with Crippen LogP contribution in [0.2, 0.25) is 5.02 Å². The van der Waals surface area contributed by atoms with Gasteiger partial charge in [0, 0.05) is 28.0 Å². The van der Waals surface area contributed by atoms with Gasteiger partial charge >= 0.3 is 0 Å². The molecule has 0 unspecified atom stereocenters. The van der Waals surface area contributed by atoms with Crippen LogP contribution in [0.3, 0.4) is 0 Å². The molecule has 116 valence electrons. The van der Waals surface area contributed by atoms with E-state index in [9.17, 15) is 8.42 Å². The van der Waals surface area contributed by atoms with Crippen LogP contribution in [0, 0.1) is 0 Å². The Bertz CT molecular complexity index is 931. The number of nitrogens with zero attached hydrogens (tertiary/aromatic N) is 2. The van der Waals surface area contributed by atoms with E-state index in [1.54, 1.807) is 18.2 Å². The number of fused-ring (bicyclic) bond motifs is 1. The van der Waals surface area contributed by atoms with Gasteiger partial charge in [-0.25, -0.2) is 18.1 Å². The lowest BCUT2D eigenvalue weighted by Crippen LogP contribution is -2.13. The molecule has 2 heterocycles. The third kappa shape index (κ3) is 2.81. The standard InChI is InChI=1S/C13H13ClN4O2S2/c1-7(2)12-16-13(17-21-12)18-22(19,20)11-6-15-10-5-8(14)3-4-9(10)11/h3-7,15H,1-2H3,(H,17,18). The smallest absolute Gasteiger partial charge is 0.266 e. The molecule has 0 spiro atoms. The van der Waals surface area contributed by atoms with Gasteiger partial charge in [0.1, 0.15) is 9.90 Å². The minimum Gasteiger partial charge on any atom is -0.360 e. The van der Waals surface area contributed by atoms with Gasteiger partial charge in [-0.3, -0.25) is 0 Å². The Morgan fingerprint density at radius 1 is 1.36 bits per heavy atom. The number of hydrogen-bond donors (Lipinski definition) is 2. The van der Waals surface area contributed by atoms with Gasteiger partial charge in [-0.15, -0.1) is 0 Å². The topological polar surface area (TPSA) is 87.7 Å². The first-order valence-corrected chi connectivity index (χ1v) is 9.13. The first-order valence-electron chi connectivity index (χ1n) is 6.50. The van der Waals surface area contributed by atoms with Crippen LogP contribution in [0.15, 0.2) is 29.3 Å². The summed E-state index contributed by atoms with van der Waals surface area (Å²) in [5.74, 6) is 0.294. The fourth-order valence-corrected chi connectivity index (χ4v) is 3.94. The Labute approximate surface area is 136 Å². The highest BCUT2D eigenvalue weighted by Gasteiger charge is 2.21. The van der Waals surface area contributed by atoms with Crippen molar-refractivity contribution in [3.05, 3.63) is 34.4 Å². The average Bonchev–Trinajstić information content (AvgIpc) is 3.04. The van der Waals surface area contributed by atoms with Gasteiger partial charge in [0.25, 0.3) is 10.0 Å². The summed E-state index contributed by atoms with van der Waals surface area (Å²) in [5, 5.41) is 1.88. The fourth-order valence-electron chi connectivity index (χ4n) is 1.98. The highest BCUT2D eigenvalue weighted by atomic mass is 35.5. The number of sulfonamides is 1. The SMILES string of the molecule is CC(C)c1nc(NS(=O)(=O)c2c[nH]c3cc(Cl)ccc23)ns1. The predicted octanol–water partition coefficient (Wildman–Crippen LogP) is 3.60. The van der Waals surface area contributed by atoms with Crippen LogP contribution in [0.25, 0.3) is 10.9 Å². The van der Waals surface area contributed by atoms with Crippen LogP contribution in [0.1, 0.15) is 24.8 Å². The Balaban J connectivity index is 1.97. The van der Waals surface area contributed by atoms with Gasteiger partial charge in [-0.05, 0) is 29.7 Å². The van der Waals surface area contributed by atoms with E-state index in [4.69, 9.17) is 11.6 Å². The number of nitrogens with one attached hydrogen (secondary N) is 2. The van der Waals surface area contributed by atoms with Crippen molar-refractivity contribution in [2.75, 3.05) is 4.72 Å². The van der Waals surface area contributed by atoms with Gasteiger partial charge in [-0.1, -0.05) is 25.4 Å². The Morgan fingerprint density at radius 2 is 2.14 bits per heavy atom. The molecule has 9 heteroatoms.